The van der Waals surface area contributed by atoms with Crippen LogP contribution in [0, 0.1) is 17.6 Å². The zero-order valence-electron chi connectivity index (χ0n) is 13.8. The number of carbonyl (C=O) groups is 2. The molecule has 5 nitrogen and oxygen atoms in total. The van der Waals surface area contributed by atoms with Gasteiger partial charge in [0.1, 0.15) is 11.6 Å². The third kappa shape index (κ3) is 5.18. The van der Waals surface area contributed by atoms with Gasteiger partial charge >= 0.3 is 6.03 Å². The van der Waals surface area contributed by atoms with Crippen molar-refractivity contribution in [1.82, 2.24) is 10.2 Å². The molecule has 0 spiro atoms. The molecule has 0 aromatic heterocycles. The molecule has 1 saturated heterocycles. The van der Waals surface area contributed by atoms with Crippen molar-refractivity contribution in [2.24, 2.45) is 5.92 Å². The summed E-state index contributed by atoms with van der Waals surface area (Å²) in [4.78, 5) is 25.0. The molecule has 1 aliphatic rings. The molecule has 1 aromatic carbocycles. The van der Waals surface area contributed by atoms with Gasteiger partial charge in [0.15, 0.2) is 0 Å². The SMILES string of the molecule is CCC(=O)NCCC1CCN(C(=O)Nc2ccc(F)cc2F)CC1. The van der Waals surface area contributed by atoms with E-state index in [-0.39, 0.29) is 17.6 Å². The van der Waals surface area contributed by atoms with Gasteiger partial charge in [-0.1, -0.05) is 6.92 Å². The molecular formula is C17H23F2N3O2. The lowest BCUT2D eigenvalue weighted by molar-refractivity contribution is -0.120. The van der Waals surface area contributed by atoms with Crippen molar-refractivity contribution in [2.75, 3.05) is 25.0 Å². The van der Waals surface area contributed by atoms with E-state index < -0.39 is 11.6 Å². The standard InChI is InChI=1S/C17H23F2N3O2/c1-2-16(23)20-8-5-12-6-9-22(10-7-12)17(24)21-15-4-3-13(18)11-14(15)19/h3-4,11-12H,2,5-10H2,1H3,(H,20,23)(H,21,24). The van der Waals surface area contributed by atoms with Crippen LogP contribution in [0.2, 0.25) is 0 Å². The van der Waals surface area contributed by atoms with E-state index in [0.29, 0.717) is 32.0 Å². The molecule has 2 N–H and O–H groups in total. The molecular weight excluding hydrogens is 316 g/mol. The first-order valence-electron chi connectivity index (χ1n) is 8.27. The minimum absolute atomic E-state index is 0.0224. The number of hydrogen-bond acceptors (Lipinski definition) is 2. The van der Waals surface area contributed by atoms with E-state index in [4.69, 9.17) is 0 Å². The molecule has 0 radical (unpaired) electrons. The molecule has 0 unspecified atom stereocenters. The van der Waals surface area contributed by atoms with Crippen LogP contribution in [0.3, 0.4) is 0 Å². The van der Waals surface area contributed by atoms with Gasteiger partial charge in [-0.3, -0.25) is 4.79 Å². The highest BCUT2D eigenvalue weighted by atomic mass is 19.1. The predicted molar refractivity (Wildman–Crippen MR) is 87.6 cm³/mol. The fraction of sp³-hybridized carbons (Fsp3) is 0.529. The van der Waals surface area contributed by atoms with Crippen LogP contribution in [-0.4, -0.2) is 36.5 Å². The van der Waals surface area contributed by atoms with Gasteiger partial charge in [-0.25, -0.2) is 13.6 Å². The number of amides is 3. The Bertz CT molecular complexity index is 587. The van der Waals surface area contributed by atoms with Crippen molar-refractivity contribution in [3.05, 3.63) is 29.8 Å². The summed E-state index contributed by atoms with van der Waals surface area (Å²) in [5, 5.41) is 5.33. The number of benzene rings is 1. The topological polar surface area (TPSA) is 61.4 Å². The zero-order chi connectivity index (χ0) is 17.5. The number of anilines is 1. The maximum atomic E-state index is 13.6. The van der Waals surface area contributed by atoms with Crippen LogP contribution in [-0.2, 0) is 4.79 Å². The first-order chi connectivity index (χ1) is 11.5. The minimum atomic E-state index is -0.787. The summed E-state index contributed by atoms with van der Waals surface area (Å²) in [7, 11) is 0. The molecule has 1 fully saturated rings. The fourth-order valence-corrected chi connectivity index (χ4v) is 2.75. The lowest BCUT2D eigenvalue weighted by atomic mass is 9.94. The second kappa shape index (κ2) is 8.61. The summed E-state index contributed by atoms with van der Waals surface area (Å²) in [6, 6.07) is 2.69. The third-order valence-corrected chi connectivity index (χ3v) is 4.27. The normalized spacial score (nSPS) is 15.2. The van der Waals surface area contributed by atoms with E-state index in [9.17, 15) is 18.4 Å². The summed E-state index contributed by atoms with van der Waals surface area (Å²) in [5.74, 6) is -0.951. The molecule has 7 heteroatoms. The Labute approximate surface area is 140 Å². The molecule has 1 heterocycles. The van der Waals surface area contributed by atoms with Crippen molar-refractivity contribution in [2.45, 2.75) is 32.6 Å². The summed E-state index contributed by atoms with van der Waals surface area (Å²) in [5.41, 5.74) is -0.0224. The van der Waals surface area contributed by atoms with E-state index >= 15 is 0 Å². The Balaban J connectivity index is 1.75. The van der Waals surface area contributed by atoms with E-state index in [1.54, 1.807) is 4.90 Å². The Morgan fingerprint density at radius 2 is 1.96 bits per heavy atom. The molecule has 3 amide bonds. The molecule has 1 aliphatic heterocycles. The van der Waals surface area contributed by atoms with Crippen LogP contribution >= 0.6 is 0 Å². The van der Waals surface area contributed by atoms with E-state index in [1.807, 2.05) is 6.92 Å². The van der Waals surface area contributed by atoms with Gasteiger partial charge in [0.05, 0.1) is 5.69 Å². The lowest BCUT2D eigenvalue weighted by Gasteiger charge is -2.32. The number of carbonyl (C=O) groups excluding carboxylic acids is 2. The van der Waals surface area contributed by atoms with Gasteiger partial charge in [0, 0.05) is 32.1 Å². The fourth-order valence-electron chi connectivity index (χ4n) is 2.75. The van der Waals surface area contributed by atoms with Crippen LogP contribution in [0.5, 0.6) is 0 Å². The smallest absolute Gasteiger partial charge is 0.321 e. The number of rotatable bonds is 5. The van der Waals surface area contributed by atoms with Crippen LogP contribution in [0.25, 0.3) is 0 Å². The lowest BCUT2D eigenvalue weighted by Crippen LogP contribution is -2.41. The van der Waals surface area contributed by atoms with Gasteiger partial charge in [0.2, 0.25) is 5.91 Å². The number of halogens is 2. The molecule has 0 atom stereocenters. The predicted octanol–water partition coefficient (Wildman–Crippen LogP) is 3.13. The monoisotopic (exact) mass is 339 g/mol. The maximum absolute atomic E-state index is 13.6. The molecule has 1 aromatic rings. The summed E-state index contributed by atoms with van der Waals surface area (Å²) >= 11 is 0. The van der Waals surface area contributed by atoms with Crippen LogP contribution < -0.4 is 10.6 Å². The second-order valence-corrected chi connectivity index (χ2v) is 5.98. The van der Waals surface area contributed by atoms with Crippen molar-refractivity contribution < 1.29 is 18.4 Å². The van der Waals surface area contributed by atoms with E-state index in [1.165, 1.54) is 6.07 Å². The Hall–Kier alpha value is -2.18. The van der Waals surface area contributed by atoms with Crippen molar-refractivity contribution in [3.8, 4) is 0 Å². The minimum Gasteiger partial charge on any atom is -0.356 e. The number of urea groups is 1. The van der Waals surface area contributed by atoms with Gasteiger partial charge in [0.25, 0.3) is 0 Å². The van der Waals surface area contributed by atoms with E-state index in [2.05, 4.69) is 10.6 Å². The first-order valence-corrected chi connectivity index (χ1v) is 8.27. The highest BCUT2D eigenvalue weighted by Gasteiger charge is 2.23. The van der Waals surface area contributed by atoms with Crippen molar-refractivity contribution >= 4 is 17.6 Å². The number of nitrogens with one attached hydrogen (secondary N) is 2. The van der Waals surface area contributed by atoms with Gasteiger partial charge in [-0.2, -0.15) is 0 Å². The number of likely N-dealkylation sites (tertiary alicyclic amines) is 1. The maximum Gasteiger partial charge on any atom is 0.321 e. The largest absolute Gasteiger partial charge is 0.356 e. The highest BCUT2D eigenvalue weighted by Crippen LogP contribution is 2.21. The highest BCUT2D eigenvalue weighted by molar-refractivity contribution is 5.89. The molecule has 0 saturated carbocycles. The zero-order valence-corrected chi connectivity index (χ0v) is 13.8. The summed E-state index contributed by atoms with van der Waals surface area (Å²) in [6.45, 7) is 3.64. The van der Waals surface area contributed by atoms with Crippen LogP contribution in [0.15, 0.2) is 18.2 Å². The van der Waals surface area contributed by atoms with Gasteiger partial charge in [-0.15, -0.1) is 0 Å². The Morgan fingerprint density at radius 3 is 2.58 bits per heavy atom. The van der Waals surface area contributed by atoms with Crippen molar-refractivity contribution in [3.63, 3.8) is 0 Å². The molecule has 2 rings (SSSR count). The van der Waals surface area contributed by atoms with Crippen molar-refractivity contribution in [1.29, 1.82) is 0 Å². The number of hydrogen-bond donors (Lipinski definition) is 2. The Kier molecular flexibility index (Phi) is 6.52. The Morgan fingerprint density at radius 1 is 1.25 bits per heavy atom. The third-order valence-electron chi connectivity index (χ3n) is 4.27. The average molecular weight is 339 g/mol. The molecule has 0 bridgehead atoms. The van der Waals surface area contributed by atoms with Gasteiger partial charge < -0.3 is 15.5 Å². The van der Waals surface area contributed by atoms with Crippen LogP contribution in [0.1, 0.15) is 32.6 Å². The quantitative estimate of drug-likeness (QED) is 0.866. The molecule has 132 valence electrons. The first kappa shape index (κ1) is 18.2. The van der Waals surface area contributed by atoms with E-state index in [0.717, 1.165) is 31.4 Å². The van der Waals surface area contributed by atoms with Crippen LogP contribution in [0.4, 0.5) is 19.3 Å². The molecule has 24 heavy (non-hydrogen) atoms. The average Bonchev–Trinajstić information content (AvgIpc) is 2.57. The second-order valence-electron chi connectivity index (χ2n) is 5.98. The van der Waals surface area contributed by atoms with Gasteiger partial charge in [-0.05, 0) is 37.3 Å². The number of nitrogens with zero attached hydrogens (tertiary/aromatic N) is 1. The number of piperidine rings is 1. The molecule has 0 aliphatic carbocycles. The summed E-state index contributed by atoms with van der Waals surface area (Å²) < 4.78 is 26.4. The summed E-state index contributed by atoms with van der Waals surface area (Å²) in [6.07, 6.45) is 3.08.